The zero-order chi connectivity index (χ0) is 13.5. The molecule has 0 aliphatic carbocycles. The molecular weight excluding hydrogens is 582 g/mol. The fourth-order valence-corrected chi connectivity index (χ4v) is 0. The minimum Gasteiger partial charge on any atom is -0.344 e. The quantitative estimate of drug-likeness (QED) is 0.154. The van der Waals surface area contributed by atoms with Crippen LogP contribution in [-0.2, 0) is 31.2 Å². The first-order valence-corrected chi connectivity index (χ1v) is 6.29. The van der Waals surface area contributed by atoms with E-state index in [-0.39, 0.29) is 89.6 Å². The van der Waals surface area contributed by atoms with Gasteiger partial charge in [-0.15, -0.1) is 0 Å². The smallest absolute Gasteiger partial charge is 0.344 e. The third-order valence-electron chi connectivity index (χ3n) is 0. The number of hydrogen-bond donors (Lipinski definition) is 7. The maximum Gasteiger partial charge on any atom is 0.394 e. The molecule has 0 atom stereocenters. The molecule has 0 aromatic carbocycles. The largest absolute Gasteiger partial charge is 0.394 e. The van der Waals surface area contributed by atoms with Crippen molar-refractivity contribution in [1.82, 2.24) is 6.15 Å². The second kappa shape index (κ2) is 15.7. The van der Waals surface area contributed by atoms with E-state index in [4.69, 9.17) is 52.6 Å². The van der Waals surface area contributed by atoms with E-state index < -0.39 is 31.2 Å². The molecule has 112 valence electrons. The van der Waals surface area contributed by atoms with Gasteiger partial charge < -0.3 is 6.15 Å². The van der Waals surface area contributed by atoms with Crippen LogP contribution in [0.15, 0.2) is 0 Å². The van der Waals surface area contributed by atoms with Crippen molar-refractivity contribution in [3.63, 3.8) is 0 Å². The summed E-state index contributed by atoms with van der Waals surface area (Å²) in [5.41, 5.74) is 0. The van der Waals surface area contributed by atoms with E-state index in [0.717, 1.165) is 0 Å². The van der Waals surface area contributed by atoms with Crippen molar-refractivity contribution in [1.29, 1.82) is 0 Å². The Morgan fingerprint density at radius 3 is 0.444 bits per heavy atom. The maximum atomic E-state index is 8.74. The fourth-order valence-electron chi connectivity index (χ4n) is 0. The molecule has 0 amide bonds. The van der Waals surface area contributed by atoms with Crippen LogP contribution >= 0.6 is 0 Å². The SMILES string of the molecule is N.O=S(=O)(O)O.O=S(=O)(O)O.O=S(=O)(O)O.[Ce].[Ce]. The Morgan fingerprint density at radius 1 is 0.444 bits per heavy atom. The van der Waals surface area contributed by atoms with Crippen LogP contribution in [0.1, 0.15) is 0 Å². The van der Waals surface area contributed by atoms with E-state index in [2.05, 4.69) is 0 Å². The van der Waals surface area contributed by atoms with Gasteiger partial charge in [0.05, 0.1) is 0 Å². The van der Waals surface area contributed by atoms with Crippen LogP contribution in [0.25, 0.3) is 0 Å². The van der Waals surface area contributed by atoms with Crippen molar-refractivity contribution >= 4 is 31.2 Å². The zero-order valence-corrected chi connectivity index (χ0v) is 16.8. The van der Waals surface area contributed by atoms with Crippen LogP contribution in [0, 0.1) is 83.5 Å². The Morgan fingerprint density at radius 2 is 0.444 bits per heavy atom. The predicted molar refractivity (Wildman–Crippen MR) is 47.6 cm³/mol. The van der Waals surface area contributed by atoms with Gasteiger partial charge in [-0.3, -0.25) is 27.3 Å². The molecule has 0 fully saturated rings. The van der Waals surface area contributed by atoms with Gasteiger partial charge in [-0.2, -0.15) is 25.3 Å². The molecule has 13 nitrogen and oxygen atoms in total. The average Bonchev–Trinajstić information content (AvgIpc) is 1.41. The minimum atomic E-state index is -4.67. The second-order valence-corrected chi connectivity index (χ2v) is 4.03. The van der Waals surface area contributed by atoms with Gasteiger partial charge in [0.25, 0.3) is 0 Å². The molecule has 0 bridgehead atoms. The van der Waals surface area contributed by atoms with Gasteiger partial charge in [0, 0.05) is 83.5 Å². The van der Waals surface area contributed by atoms with Gasteiger partial charge in [-0.1, -0.05) is 0 Å². The molecule has 0 aromatic heterocycles. The van der Waals surface area contributed by atoms with E-state index in [1.54, 1.807) is 0 Å². The zero-order valence-electron chi connectivity index (χ0n) is 8.06. The molecule has 0 saturated carbocycles. The van der Waals surface area contributed by atoms with Gasteiger partial charge in [0.15, 0.2) is 0 Å². The van der Waals surface area contributed by atoms with Gasteiger partial charge in [0.2, 0.25) is 0 Å². The van der Waals surface area contributed by atoms with Crippen LogP contribution in [0.2, 0.25) is 0 Å². The molecule has 0 unspecified atom stereocenters. The summed E-state index contributed by atoms with van der Waals surface area (Å²) >= 11 is 0. The van der Waals surface area contributed by atoms with E-state index in [9.17, 15) is 0 Å². The van der Waals surface area contributed by atoms with Gasteiger partial charge in [-0.25, -0.2) is 0 Å². The summed E-state index contributed by atoms with van der Waals surface area (Å²) in [5.74, 6) is 0. The van der Waals surface area contributed by atoms with Crippen molar-refractivity contribution in [2.75, 3.05) is 0 Å². The van der Waals surface area contributed by atoms with Crippen LogP contribution in [-0.4, -0.2) is 52.6 Å². The van der Waals surface area contributed by atoms with E-state index in [1.165, 1.54) is 0 Å². The summed E-state index contributed by atoms with van der Waals surface area (Å²) < 4.78 is 94.8. The van der Waals surface area contributed by atoms with Crippen molar-refractivity contribution in [3.05, 3.63) is 0 Å². The van der Waals surface area contributed by atoms with Crippen LogP contribution in [0.5, 0.6) is 0 Å². The molecule has 18 heavy (non-hydrogen) atoms. The average molecular weight is 592 g/mol. The number of hydrogen-bond acceptors (Lipinski definition) is 7. The standard InChI is InChI=1S/2Ce.H3N.3H2O4S/c;;;3*1-5(2,3)4/h;;1H3;3*(H2,1,2,3,4). The Balaban J connectivity index is -0.0000000277. The molecule has 0 rings (SSSR count). The normalized spacial score (nSPS) is 9.67. The van der Waals surface area contributed by atoms with Crippen LogP contribution in [0.3, 0.4) is 0 Å². The molecule has 0 heterocycles. The molecule has 0 aliphatic rings. The Bertz CT molecular complexity index is 346. The van der Waals surface area contributed by atoms with Crippen molar-refractivity contribution in [3.8, 4) is 0 Å². The molecule has 0 radical (unpaired) electrons. The second-order valence-electron chi connectivity index (χ2n) is 1.34. The third kappa shape index (κ3) is 1020. The Labute approximate surface area is 170 Å². The van der Waals surface area contributed by atoms with Crippen molar-refractivity contribution in [2.45, 2.75) is 0 Å². The molecule has 18 heteroatoms. The molecule has 0 saturated heterocycles. The Hall–Kier alpha value is 2.32. The first kappa shape index (κ1) is 37.0. The Kier molecular flexibility index (Phi) is 32.3. The summed E-state index contributed by atoms with van der Waals surface area (Å²) in [4.78, 5) is 0. The summed E-state index contributed by atoms with van der Waals surface area (Å²) in [6.07, 6.45) is 0. The van der Waals surface area contributed by atoms with Crippen LogP contribution in [0.4, 0.5) is 0 Å². The summed E-state index contributed by atoms with van der Waals surface area (Å²) in [7, 11) is -14.0. The summed E-state index contributed by atoms with van der Waals surface area (Å²) in [6.45, 7) is 0. The first-order chi connectivity index (χ1) is 6.00. The minimum absolute atomic E-state index is 0. The van der Waals surface area contributed by atoms with Crippen LogP contribution < -0.4 is 6.15 Å². The number of rotatable bonds is 0. The maximum absolute atomic E-state index is 8.74. The van der Waals surface area contributed by atoms with Crippen molar-refractivity contribution < 1.29 is 136 Å². The van der Waals surface area contributed by atoms with E-state index >= 15 is 0 Å². The van der Waals surface area contributed by atoms with E-state index in [1.807, 2.05) is 0 Å². The first-order valence-electron chi connectivity index (χ1n) is 2.10. The van der Waals surface area contributed by atoms with Gasteiger partial charge in [0.1, 0.15) is 0 Å². The topological polar surface area (TPSA) is 259 Å². The van der Waals surface area contributed by atoms with Gasteiger partial charge in [-0.05, 0) is 0 Å². The molecule has 0 aliphatic heterocycles. The fraction of sp³-hybridized carbons (Fsp3) is 0. The molecular formula is H9Ce2NO12S3. The molecule has 9 N–H and O–H groups in total. The predicted octanol–water partition coefficient (Wildman–Crippen LogP) is -1.80. The van der Waals surface area contributed by atoms with E-state index in [0.29, 0.717) is 0 Å². The summed E-state index contributed by atoms with van der Waals surface area (Å²) in [5, 5.41) is 0. The third-order valence-corrected chi connectivity index (χ3v) is 0. The molecule has 0 spiro atoms. The monoisotopic (exact) mass is 591 g/mol. The molecule has 0 aromatic rings. The van der Waals surface area contributed by atoms with Crippen molar-refractivity contribution in [2.24, 2.45) is 0 Å². The van der Waals surface area contributed by atoms with Gasteiger partial charge >= 0.3 is 31.2 Å². The summed E-state index contributed by atoms with van der Waals surface area (Å²) in [6, 6.07) is 0.